The highest BCUT2D eigenvalue weighted by atomic mass is 19.1. The summed E-state index contributed by atoms with van der Waals surface area (Å²) in [6.45, 7) is 2.03. The van der Waals surface area contributed by atoms with Crippen LogP contribution in [0.5, 0.6) is 0 Å². The van der Waals surface area contributed by atoms with Crippen LogP contribution in [0, 0.1) is 5.82 Å². The summed E-state index contributed by atoms with van der Waals surface area (Å²) < 4.78 is 14.2. The molecule has 17 heavy (non-hydrogen) atoms. The average Bonchev–Trinajstić information content (AvgIpc) is 2.78. The third-order valence-electron chi connectivity index (χ3n) is 2.41. The Labute approximate surface area is 98.1 Å². The van der Waals surface area contributed by atoms with Crippen LogP contribution < -0.4 is 0 Å². The first-order valence-electron chi connectivity index (χ1n) is 5.37. The Morgan fingerprint density at radius 2 is 2.06 bits per heavy atom. The maximum absolute atomic E-state index is 12.7. The zero-order chi connectivity index (χ0) is 12.3. The molecule has 0 aliphatic carbocycles. The van der Waals surface area contributed by atoms with Gasteiger partial charge in [-0.2, -0.15) is 0 Å². The van der Waals surface area contributed by atoms with Crippen LogP contribution in [0.2, 0.25) is 0 Å². The van der Waals surface area contributed by atoms with Crippen LogP contribution in [-0.4, -0.2) is 20.8 Å². The van der Waals surface area contributed by atoms with Gasteiger partial charge in [0.25, 0.3) is 0 Å². The second kappa shape index (κ2) is 4.86. The van der Waals surface area contributed by atoms with E-state index in [2.05, 4.69) is 10.3 Å². The number of nitrogens with zero attached hydrogens (tertiary/aromatic N) is 3. The number of benzene rings is 1. The molecule has 2 rings (SSSR count). The Morgan fingerprint density at radius 1 is 1.35 bits per heavy atom. The van der Waals surface area contributed by atoms with Crippen molar-refractivity contribution in [1.82, 2.24) is 15.0 Å². The van der Waals surface area contributed by atoms with Crippen LogP contribution in [0.3, 0.4) is 0 Å². The topological polar surface area (TPSA) is 47.8 Å². The van der Waals surface area contributed by atoms with Gasteiger partial charge in [-0.05, 0) is 24.3 Å². The minimum atomic E-state index is -0.290. The molecule has 1 aromatic carbocycles. The quantitative estimate of drug-likeness (QED) is 0.812. The number of hydrogen-bond acceptors (Lipinski definition) is 3. The van der Waals surface area contributed by atoms with E-state index in [0.717, 1.165) is 5.56 Å². The molecule has 0 saturated heterocycles. The van der Waals surface area contributed by atoms with Gasteiger partial charge in [0.15, 0.2) is 5.78 Å². The second-order valence-electron chi connectivity index (χ2n) is 3.70. The smallest absolute Gasteiger partial charge is 0.154 e. The van der Waals surface area contributed by atoms with E-state index in [4.69, 9.17) is 0 Å². The molecule has 4 nitrogen and oxygen atoms in total. The molecule has 2 aromatic rings. The predicted molar refractivity (Wildman–Crippen MR) is 60.7 cm³/mol. The van der Waals surface area contributed by atoms with E-state index >= 15 is 0 Å². The van der Waals surface area contributed by atoms with Gasteiger partial charge in [0.05, 0.1) is 6.20 Å². The minimum absolute atomic E-state index is 0.0977. The normalized spacial score (nSPS) is 10.5. The molecule has 0 saturated carbocycles. The molecule has 1 heterocycles. The van der Waals surface area contributed by atoms with E-state index in [1.807, 2.05) is 0 Å². The number of carbonyl (C=O) groups is 1. The monoisotopic (exact) mass is 233 g/mol. The lowest BCUT2D eigenvalue weighted by molar-refractivity contribution is -0.119. The Balaban J connectivity index is 2.18. The van der Waals surface area contributed by atoms with E-state index < -0.39 is 0 Å². The number of rotatable bonds is 4. The number of ketones is 1. The van der Waals surface area contributed by atoms with Crippen LogP contribution in [0.15, 0.2) is 30.5 Å². The van der Waals surface area contributed by atoms with Crippen molar-refractivity contribution in [2.45, 2.75) is 19.9 Å². The second-order valence-corrected chi connectivity index (χ2v) is 3.70. The Kier molecular flexibility index (Phi) is 3.27. The fourth-order valence-electron chi connectivity index (χ4n) is 1.42. The van der Waals surface area contributed by atoms with Gasteiger partial charge >= 0.3 is 0 Å². The highest BCUT2D eigenvalue weighted by Gasteiger charge is 2.06. The lowest BCUT2D eigenvalue weighted by atomic mass is 10.2. The molecule has 1 aromatic heterocycles. The largest absolute Gasteiger partial charge is 0.298 e. The van der Waals surface area contributed by atoms with Gasteiger partial charge < -0.3 is 0 Å². The first-order valence-corrected chi connectivity index (χ1v) is 5.37. The molecule has 0 fully saturated rings. The molecule has 5 heteroatoms. The van der Waals surface area contributed by atoms with Crippen molar-refractivity contribution >= 4 is 5.78 Å². The average molecular weight is 233 g/mol. The molecule has 0 spiro atoms. The molecule has 0 unspecified atom stereocenters. The predicted octanol–water partition coefficient (Wildman–Crippen LogP) is 2.06. The van der Waals surface area contributed by atoms with Crippen LogP contribution in [0.4, 0.5) is 4.39 Å². The third-order valence-corrected chi connectivity index (χ3v) is 2.41. The molecule has 0 aliphatic rings. The number of Topliss-reactive ketones (excluding diaryl/α,β-unsaturated/α-hetero) is 1. The van der Waals surface area contributed by atoms with Gasteiger partial charge in [0.2, 0.25) is 0 Å². The molecule has 0 N–H and O–H groups in total. The first-order chi connectivity index (χ1) is 8.19. The van der Waals surface area contributed by atoms with Gasteiger partial charge in [-0.25, -0.2) is 9.07 Å². The van der Waals surface area contributed by atoms with E-state index in [9.17, 15) is 9.18 Å². The molecule has 88 valence electrons. The SMILES string of the molecule is CCC(=O)Cn1cc(-c2ccc(F)cc2)nn1. The highest BCUT2D eigenvalue weighted by Crippen LogP contribution is 2.16. The van der Waals surface area contributed by atoms with E-state index in [-0.39, 0.29) is 18.1 Å². The zero-order valence-corrected chi connectivity index (χ0v) is 9.43. The van der Waals surface area contributed by atoms with Crippen molar-refractivity contribution in [3.8, 4) is 11.3 Å². The van der Waals surface area contributed by atoms with Crippen molar-refractivity contribution in [2.24, 2.45) is 0 Å². The highest BCUT2D eigenvalue weighted by molar-refractivity contribution is 5.77. The molecular weight excluding hydrogens is 221 g/mol. The maximum atomic E-state index is 12.7. The molecule has 0 atom stereocenters. The third kappa shape index (κ3) is 2.75. The summed E-state index contributed by atoms with van der Waals surface area (Å²) in [6.07, 6.45) is 2.16. The summed E-state index contributed by atoms with van der Waals surface area (Å²) >= 11 is 0. The zero-order valence-electron chi connectivity index (χ0n) is 9.43. The standard InChI is InChI=1S/C12H12FN3O/c1-2-11(17)7-16-8-12(14-15-16)9-3-5-10(13)6-4-9/h3-6,8H,2,7H2,1H3. The van der Waals surface area contributed by atoms with Gasteiger partial charge in [0.1, 0.15) is 18.1 Å². The van der Waals surface area contributed by atoms with E-state index in [0.29, 0.717) is 12.1 Å². The Hall–Kier alpha value is -2.04. The molecule has 0 amide bonds. The summed E-state index contributed by atoms with van der Waals surface area (Å²) in [5.74, 6) is -0.192. The number of halogens is 1. The molecule has 0 bridgehead atoms. The maximum Gasteiger partial charge on any atom is 0.154 e. The van der Waals surface area contributed by atoms with Crippen molar-refractivity contribution in [2.75, 3.05) is 0 Å². The Morgan fingerprint density at radius 3 is 2.71 bits per heavy atom. The van der Waals surface area contributed by atoms with Crippen molar-refractivity contribution in [3.63, 3.8) is 0 Å². The van der Waals surface area contributed by atoms with Gasteiger partial charge in [-0.3, -0.25) is 4.79 Å². The molecular formula is C12H12FN3O. The summed E-state index contributed by atoms with van der Waals surface area (Å²) in [4.78, 5) is 11.2. The van der Waals surface area contributed by atoms with Crippen LogP contribution >= 0.6 is 0 Å². The first kappa shape index (κ1) is 11.4. The summed E-state index contributed by atoms with van der Waals surface area (Å²) in [5.41, 5.74) is 1.41. The summed E-state index contributed by atoms with van der Waals surface area (Å²) in [6, 6.07) is 5.99. The van der Waals surface area contributed by atoms with Gasteiger partial charge in [0, 0.05) is 12.0 Å². The number of hydrogen-bond donors (Lipinski definition) is 0. The van der Waals surface area contributed by atoms with Crippen LogP contribution in [0.1, 0.15) is 13.3 Å². The molecule has 0 radical (unpaired) electrons. The fraction of sp³-hybridized carbons (Fsp3) is 0.250. The van der Waals surface area contributed by atoms with Gasteiger partial charge in [-0.15, -0.1) is 5.10 Å². The fourth-order valence-corrected chi connectivity index (χ4v) is 1.42. The Bertz CT molecular complexity index is 519. The lowest BCUT2D eigenvalue weighted by Gasteiger charge is -1.96. The molecule has 0 aliphatic heterocycles. The van der Waals surface area contributed by atoms with E-state index in [1.54, 1.807) is 25.3 Å². The summed E-state index contributed by atoms with van der Waals surface area (Å²) in [5, 5.41) is 7.80. The van der Waals surface area contributed by atoms with E-state index in [1.165, 1.54) is 16.8 Å². The van der Waals surface area contributed by atoms with Crippen molar-refractivity contribution < 1.29 is 9.18 Å². The number of aromatic nitrogens is 3. The van der Waals surface area contributed by atoms with Crippen LogP contribution in [-0.2, 0) is 11.3 Å². The van der Waals surface area contributed by atoms with Crippen molar-refractivity contribution in [3.05, 3.63) is 36.3 Å². The number of carbonyl (C=O) groups excluding carboxylic acids is 1. The van der Waals surface area contributed by atoms with Crippen LogP contribution in [0.25, 0.3) is 11.3 Å². The minimum Gasteiger partial charge on any atom is -0.298 e. The van der Waals surface area contributed by atoms with Crippen molar-refractivity contribution in [1.29, 1.82) is 0 Å². The summed E-state index contributed by atoms with van der Waals surface area (Å²) in [7, 11) is 0. The van der Waals surface area contributed by atoms with Gasteiger partial charge in [-0.1, -0.05) is 12.1 Å². The lowest BCUT2D eigenvalue weighted by Crippen LogP contribution is -2.09.